The van der Waals surface area contributed by atoms with Crippen molar-refractivity contribution in [3.8, 4) is 5.75 Å². The second-order valence-electron chi connectivity index (χ2n) is 3.95. The SMILES string of the molecule is CC(=NOCc1ccc(Cl)cc1)c1ncccc1O. The molecule has 2 aromatic rings. The number of pyridine rings is 1. The number of halogens is 1. The van der Waals surface area contributed by atoms with Crippen molar-refractivity contribution in [3.63, 3.8) is 0 Å². The summed E-state index contributed by atoms with van der Waals surface area (Å²) in [6.45, 7) is 2.06. The minimum absolute atomic E-state index is 0.0823. The Hall–Kier alpha value is -2.07. The van der Waals surface area contributed by atoms with Gasteiger partial charge >= 0.3 is 0 Å². The number of hydrogen-bond acceptors (Lipinski definition) is 4. The van der Waals surface area contributed by atoms with Gasteiger partial charge in [0, 0.05) is 11.2 Å². The van der Waals surface area contributed by atoms with Gasteiger partial charge in [-0.3, -0.25) is 4.98 Å². The number of benzene rings is 1. The number of nitrogens with zero attached hydrogens (tertiary/aromatic N) is 2. The minimum atomic E-state index is 0.0823. The van der Waals surface area contributed by atoms with Crippen molar-refractivity contribution in [2.75, 3.05) is 0 Å². The highest BCUT2D eigenvalue weighted by Crippen LogP contribution is 2.14. The first kappa shape index (κ1) is 13.4. The molecule has 0 bridgehead atoms. The molecule has 19 heavy (non-hydrogen) atoms. The molecule has 0 aliphatic heterocycles. The van der Waals surface area contributed by atoms with Crippen LogP contribution in [0.25, 0.3) is 0 Å². The fourth-order valence-corrected chi connectivity index (χ4v) is 1.63. The first-order chi connectivity index (χ1) is 9.16. The molecule has 1 aromatic heterocycles. The van der Waals surface area contributed by atoms with E-state index in [2.05, 4.69) is 10.1 Å². The van der Waals surface area contributed by atoms with Crippen LogP contribution >= 0.6 is 11.6 Å². The molecular weight excluding hydrogens is 264 g/mol. The summed E-state index contributed by atoms with van der Waals surface area (Å²) in [4.78, 5) is 9.26. The Kier molecular flexibility index (Phi) is 4.36. The van der Waals surface area contributed by atoms with Crippen molar-refractivity contribution < 1.29 is 9.94 Å². The highest BCUT2D eigenvalue weighted by atomic mass is 35.5. The van der Waals surface area contributed by atoms with E-state index in [0.717, 1.165) is 5.56 Å². The average molecular weight is 277 g/mol. The van der Waals surface area contributed by atoms with E-state index in [9.17, 15) is 5.11 Å². The molecule has 0 atom stereocenters. The lowest BCUT2D eigenvalue weighted by Crippen LogP contribution is -2.00. The van der Waals surface area contributed by atoms with Gasteiger partial charge in [0.2, 0.25) is 0 Å². The van der Waals surface area contributed by atoms with Gasteiger partial charge in [-0.15, -0.1) is 0 Å². The summed E-state index contributed by atoms with van der Waals surface area (Å²) < 4.78 is 0. The Labute approximate surface area is 116 Å². The second-order valence-corrected chi connectivity index (χ2v) is 4.38. The molecule has 0 saturated heterocycles. The largest absolute Gasteiger partial charge is 0.506 e. The molecule has 98 valence electrons. The molecule has 0 aliphatic carbocycles. The quantitative estimate of drug-likeness (QED) is 0.688. The Morgan fingerprint density at radius 3 is 2.74 bits per heavy atom. The third-order valence-corrected chi connectivity index (χ3v) is 2.73. The fraction of sp³-hybridized carbons (Fsp3) is 0.143. The van der Waals surface area contributed by atoms with E-state index in [1.807, 2.05) is 12.1 Å². The third-order valence-electron chi connectivity index (χ3n) is 2.48. The van der Waals surface area contributed by atoms with Crippen LogP contribution < -0.4 is 0 Å². The minimum Gasteiger partial charge on any atom is -0.506 e. The van der Waals surface area contributed by atoms with Crippen molar-refractivity contribution in [3.05, 3.63) is 58.9 Å². The zero-order valence-electron chi connectivity index (χ0n) is 10.4. The molecule has 2 rings (SSSR count). The zero-order chi connectivity index (χ0) is 13.7. The topological polar surface area (TPSA) is 54.7 Å². The van der Waals surface area contributed by atoms with Crippen molar-refractivity contribution in [1.82, 2.24) is 4.98 Å². The Morgan fingerprint density at radius 2 is 2.05 bits per heavy atom. The second kappa shape index (κ2) is 6.20. The Morgan fingerprint density at radius 1 is 1.32 bits per heavy atom. The molecule has 0 fully saturated rings. The predicted molar refractivity (Wildman–Crippen MR) is 74.4 cm³/mol. The molecule has 0 amide bonds. The van der Waals surface area contributed by atoms with Crippen LogP contribution in [0.2, 0.25) is 5.02 Å². The molecule has 0 radical (unpaired) electrons. The van der Waals surface area contributed by atoms with Crippen molar-refractivity contribution in [2.24, 2.45) is 5.16 Å². The molecule has 0 spiro atoms. The van der Waals surface area contributed by atoms with Crippen LogP contribution in [0.15, 0.2) is 47.8 Å². The molecule has 1 N–H and O–H groups in total. The normalized spacial score (nSPS) is 11.4. The lowest BCUT2D eigenvalue weighted by atomic mass is 10.2. The van der Waals surface area contributed by atoms with Crippen molar-refractivity contribution in [1.29, 1.82) is 0 Å². The van der Waals surface area contributed by atoms with Crippen LogP contribution in [0.4, 0.5) is 0 Å². The Balaban J connectivity index is 1.99. The van der Waals surface area contributed by atoms with Gasteiger partial charge in [0.1, 0.15) is 23.8 Å². The monoisotopic (exact) mass is 276 g/mol. The van der Waals surface area contributed by atoms with Crippen LogP contribution in [-0.2, 0) is 11.4 Å². The molecule has 0 unspecified atom stereocenters. The number of oxime groups is 1. The van der Waals surface area contributed by atoms with E-state index < -0.39 is 0 Å². The van der Waals surface area contributed by atoms with Crippen molar-refractivity contribution >= 4 is 17.3 Å². The maximum atomic E-state index is 9.61. The van der Waals surface area contributed by atoms with Gasteiger partial charge in [0.05, 0.1) is 0 Å². The summed E-state index contributed by atoms with van der Waals surface area (Å²) in [5, 5.41) is 14.2. The molecule has 4 nitrogen and oxygen atoms in total. The molecule has 1 aromatic carbocycles. The summed E-state index contributed by atoms with van der Waals surface area (Å²) >= 11 is 5.79. The van der Waals surface area contributed by atoms with E-state index in [0.29, 0.717) is 23.0 Å². The highest BCUT2D eigenvalue weighted by Gasteiger charge is 2.05. The van der Waals surface area contributed by atoms with Crippen LogP contribution in [-0.4, -0.2) is 15.8 Å². The van der Waals surface area contributed by atoms with E-state index in [1.54, 1.807) is 37.4 Å². The van der Waals surface area contributed by atoms with Gasteiger partial charge in [-0.25, -0.2) is 0 Å². The first-order valence-electron chi connectivity index (χ1n) is 5.72. The molecule has 0 aliphatic rings. The number of aromatic hydroxyl groups is 1. The smallest absolute Gasteiger partial charge is 0.143 e. The van der Waals surface area contributed by atoms with Gasteiger partial charge in [-0.1, -0.05) is 28.9 Å². The zero-order valence-corrected chi connectivity index (χ0v) is 11.1. The van der Waals surface area contributed by atoms with Crippen LogP contribution in [0.1, 0.15) is 18.2 Å². The summed E-state index contributed by atoms with van der Waals surface area (Å²) in [6, 6.07) is 10.5. The maximum absolute atomic E-state index is 9.61. The first-order valence-corrected chi connectivity index (χ1v) is 6.10. The average Bonchev–Trinajstić information content (AvgIpc) is 2.41. The summed E-state index contributed by atoms with van der Waals surface area (Å²) in [7, 11) is 0. The summed E-state index contributed by atoms with van der Waals surface area (Å²) in [5.41, 5.74) is 1.90. The number of hydrogen-bond donors (Lipinski definition) is 1. The lowest BCUT2D eigenvalue weighted by molar-refractivity contribution is 0.130. The summed E-state index contributed by atoms with van der Waals surface area (Å²) in [6.07, 6.45) is 1.59. The van der Waals surface area contributed by atoms with Crippen LogP contribution in [0.5, 0.6) is 5.75 Å². The predicted octanol–water partition coefficient (Wildman–Crippen LogP) is 3.38. The van der Waals surface area contributed by atoms with Crippen LogP contribution in [0, 0.1) is 0 Å². The summed E-state index contributed by atoms with van der Waals surface area (Å²) in [5.74, 6) is 0.0823. The number of rotatable bonds is 4. The Bertz CT molecular complexity index is 582. The lowest BCUT2D eigenvalue weighted by Gasteiger charge is -2.03. The molecule has 0 saturated carbocycles. The maximum Gasteiger partial charge on any atom is 0.143 e. The standard InChI is InChI=1S/C14H13ClN2O2/c1-10(14-13(18)3-2-8-16-14)17-19-9-11-4-6-12(15)7-5-11/h2-8,18H,9H2,1H3. The highest BCUT2D eigenvalue weighted by molar-refractivity contribution is 6.30. The van der Waals surface area contributed by atoms with E-state index >= 15 is 0 Å². The van der Waals surface area contributed by atoms with Gasteiger partial charge in [-0.05, 0) is 36.8 Å². The van der Waals surface area contributed by atoms with E-state index in [4.69, 9.17) is 16.4 Å². The van der Waals surface area contributed by atoms with E-state index in [1.165, 1.54) is 0 Å². The van der Waals surface area contributed by atoms with Gasteiger partial charge in [-0.2, -0.15) is 0 Å². The van der Waals surface area contributed by atoms with Crippen molar-refractivity contribution in [2.45, 2.75) is 13.5 Å². The van der Waals surface area contributed by atoms with Gasteiger partial charge in [0.15, 0.2) is 0 Å². The molecule has 1 heterocycles. The molecule has 5 heteroatoms. The van der Waals surface area contributed by atoms with Gasteiger partial charge in [0.25, 0.3) is 0 Å². The molecular formula is C14H13ClN2O2. The van der Waals surface area contributed by atoms with Crippen LogP contribution in [0.3, 0.4) is 0 Å². The van der Waals surface area contributed by atoms with E-state index in [-0.39, 0.29) is 5.75 Å². The fourth-order valence-electron chi connectivity index (χ4n) is 1.50. The van der Waals surface area contributed by atoms with Gasteiger partial charge < -0.3 is 9.94 Å². The third kappa shape index (κ3) is 3.69. The number of aromatic nitrogens is 1.